The van der Waals surface area contributed by atoms with E-state index < -0.39 is 0 Å². The zero-order valence-corrected chi connectivity index (χ0v) is 18.7. The van der Waals surface area contributed by atoms with Crippen LogP contribution in [0.2, 0.25) is 0 Å². The van der Waals surface area contributed by atoms with Crippen molar-refractivity contribution in [2.24, 2.45) is 5.92 Å². The van der Waals surface area contributed by atoms with Gasteiger partial charge in [-0.05, 0) is 50.8 Å². The van der Waals surface area contributed by atoms with Crippen LogP contribution in [-0.4, -0.2) is 59.9 Å². The maximum absolute atomic E-state index is 13.0. The third kappa shape index (κ3) is 3.82. The SMILES string of the molecule is Cc1nn(-c2ccc3nnc(C)n3n2)c(C)c1C(=O)CCN1CC(Cc2ccccc2)C1. The van der Waals surface area contributed by atoms with Crippen molar-refractivity contribution in [3.05, 3.63) is 70.8 Å². The molecule has 0 atom stereocenters. The molecule has 1 aliphatic heterocycles. The molecule has 32 heavy (non-hydrogen) atoms. The van der Waals surface area contributed by atoms with E-state index in [0.29, 0.717) is 35.2 Å². The number of aromatic nitrogens is 6. The molecule has 0 spiro atoms. The molecule has 3 aromatic heterocycles. The quantitative estimate of drug-likeness (QED) is 0.420. The molecule has 1 saturated heterocycles. The van der Waals surface area contributed by atoms with E-state index in [0.717, 1.165) is 37.4 Å². The predicted molar refractivity (Wildman–Crippen MR) is 121 cm³/mol. The lowest BCUT2D eigenvalue weighted by Crippen LogP contribution is -2.48. The molecule has 0 N–H and O–H groups in total. The Balaban J connectivity index is 1.23. The number of rotatable bonds is 7. The van der Waals surface area contributed by atoms with Gasteiger partial charge in [0.1, 0.15) is 0 Å². The summed E-state index contributed by atoms with van der Waals surface area (Å²) in [5, 5.41) is 17.3. The van der Waals surface area contributed by atoms with Crippen molar-refractivity contribution in [1.82, 2.24) is 34.5 Å². The summed E-state index contributed by atoms with van der Waals surface area (Å²) < 4.78 is 3.42. The normalized spacial score (nSPS) is 14.7. The number of aryl methyl sites for hydroxylation is 2. The van der Waals surface area contributed by atoms with Crippen LogP contribution < -0.4 is 0 Å². The fourth-order valence-corrected chi connectivity index (χ4v) is 4.59. The van der Waals surface area contributed by atoms with Gasteiger partial charge in [-0.25, -0.2) is 4.68 Å². The second-order valence-electron chi connectivity index (χ2n) is 8.65. The maximum Gasteiger partial charge on any atom is 0.178 e. The number of hydrogen-bond donors (Lipinski definition) is 0. The van der Waals surface area contributed by atoms with Crippen LogP contribution in [0.4, 0.5) is 0 Å². The molecule has 1 aliphatic rings. The first-order valence-corrected chi connectivity index (χ1v) is 11.0. The highest BCUT2D eigenvalue weighted by Crippen LogP contribution is 2.23. The number of fused-ring (bicyclic) bond motifs is 1. The topological polar surface area (TPSA) is 81.2 Å². The van der Waals surface area contributed by atoms with Gasteiger partial charge in [0, 0.05) is 26.1 Å². The lowest BCUT2D eigenvalue weighted by atomic mass is 9.92. The van der Waals surface area contributed by atoms with Crippen LogP contribution >= 0.6 is 0 Å². The molecule has 0 bridgehead atoms. The molecule has 0 radical (unpaired) electrons. The molecular formula is C24H27N7O. The minimum Gasteiger partial charge on any atom is -0.302 e. The highest BCUT2D eigenvalue weighted by molar-refractivity contribution is 5.98. The fourth-order valence-electron chi connectivity index (χ4n) is 4.59. The second kappa shape index (κ2) is 8.27. The molecule has 5 rings (SSSR count). The molecule has 8 heteroatoms. The average Bonchev–Trinajstić information content (AvgIpc) is 3.28. The van der Waals surface area contributed by atoms with Crippen LogP contribution in [-0.2, 0) is 6.42 Å². The number of carbonyl (C=O) groups excluding carboxylic acids is 1. The average molecular weight is 430 g/mol. The molecule has 0 amide bonds. The van der Waals surface area contributed by atoms with E-state index in [1.165, 1.54) is 5.56 Å². The number of Topliss-reactive ketones (excluding diaryl/α,β-unsaturated/α-hetero) is 1. The Labute approximate surface area is 186 Å². The zero-order valence-electron chi connectivity index (χ0n) is 18.7. The van der Waals surface area contributed by atoms with E-state index in [4.69, 9.17) is 0 Å². The smallest absolute Gasteiger partial charge is 0.178 e. The first-order chi connectivity index (χ1) is 15.5. The molecule has 4 heterocycles. The van der Waals surface area contributed by atoms with Crippen LogP contribution in [0.15, 0.2) is 42.5 Å². The largest absolute Gasteiger partial charge is 0.302 e. The van der Waals surface area contributed by atoms with Gasteiger partial charge in [0.05, 0.1) is 17.0 Å². The van der Waals surface area contributed by atoms with E-state index in [1.54, 1.807) is 9.20 Å². The van der Waals surface area contributed by atoms with Crippen LogP contribution in [0.5, 0.6) is 0 Å². The Hall–Kier alpha value is -3.39. The molecule has 4 aromatic rings. The van der Waals surface area contributed by atoms with Crippen molar-refractivity contribution < 1.29 is 4.79 Å². The van der Waals surface area contributed by atoms with Gasteiger partial charge in [0.15, 0.2) is 23.1 Å². The van der Waals surface area contributed by atoms with Gasteiger partial charge in [-0.3, -0.25) is 4.79 Å². The molecule has 0 aliphatic carbocycles. The maximum atomic E-state index is 13.0. The summed E-state index contributed by atoms with van der Waals surface area (Å²) in [6.45, 7) is 8.57. The summed E-state index contributed by atoms with van der Waals surface area (Å²) in [5.74, 6) is 2.17. The van der Waals surface area contributed by atoms with Gasteiger partial charge >= 0.3 is 0 Å². The van der Waals surface area contributed by atoms with Crippen molar-refractivity contribution in [2.45, 2.75) is 33.6 Å². The standard InChI is InChI=1S/C24H27N7O/c1-16-24(17(2)30(27-16)23-10-9-22-26-25-18(3)31(22)28-23)21(32)11-12-29-14-20(15-29)13-19-7-5-4-6-8-19/h4-10,20H,11-15H2,1-3H3. The van der Waals surface area contributed by atoms with E-state index >= 15 is 0 Å². The van der Waals surface area contributed by atoms with E-state index in [9.17, 15) is 4.79 Å². The number of carbonyl (C=O) groups is 1. The highest BCUT2D eigenvalue weighted by Gasteiger charge is 2.28. The Morgan fingerprint density at radius 3 is 2.56 bits per heavy atom. The minimum absolute atomic E-state index is 0.138. The second-order valence-corrected chi connectivity index (χ2v) is 8.65. The first kappa shape index (κ1) is 20.5. The summed E-state index contributed by atoms with van der Waals surface area (Å²) in [6, 6.07) is 14.3. The third-order valence-corrected chi connectivity index (χ3v) is 6.25. The van der Waals surface area contributed by atoms with Gasteiger partial charge in [-0.15, -0.1) is 15.3 Å². The summed E-state index contributed by atoms with van der Waals surface area (Å²) in [7, 11) is 0. The predicted octanol–water partition coefficient (Wildman–Crippen LogP) is 2.98. The lowest BCUT2D eigenvalue weighted by Gasteiger charge is -2.39. The monoisotopic (exact) mass is 429 g/mol. The number of nitrogens with zero attached hydrogens (tertiary/aromatic N) is 7. The summed E-state index contributed by atoms with van der Waals surface area (Å²) in [6.07, 6.45) is 1.61. The minimum atomic E-state index is 0.138. The molecule has 8 nitrogen and oxygen atoms in total. The Bertz CT molecular complexity index is 1270. The lowest BCUT2D eigenvalue weighted by molar-refractivity contribution is 0.0825. The molecule has 164 valence electrons. The molecule has 1 aromatic carbocycles. The molecule has 0 saturated carbocycles. The van der Waals surface area contributed by atoms with Crippen molar-refractivity contribution >= 4 is 11.4 Å². The zero-order chi connectivity index (χ0) is 22.2. The summed E-state index contributed by atoms with van der Waals surface area (Å²) in [5.41, 5.74) is 4.33. The third-order valence-electron chi connectivity index (χ3n) is 6.25. The Kier molecular flexibility index (Phi) is 5.30. The van der Waals surface area contributed by atoms with Crippen molar-refractivity contribution in [3.8, 4) is 5.82 Å². The Morgan fingerprint density at radius 2 is 1.78 bits per heavy atom. The Morgan fingerprint density at radius 1 is 1.00 bits per heavy atom. The van der Waals surface area contributed by atoms with Crippen LogP contribution in [0.25, 0.3) is 11.5 Å². The van der Waals surface area contributed by atoms with Gasteiger partial charge in [-0.2, -0.15) is 9.61 Å². The highest BCUT2D eigenvalue weighted by atomic mass is 16.1. The number of benzene rings is 1. The number of hydrogen-bond acceptors (Lipinski definition) is 6. The van der Waals surface area contributed by atoms with Crippen LogP contribution in [0, 0.1) is 26.7 Å². The van der Waals surface area contributed by atoms with E-state index in [-0.39, 0.29) is 5.78 Å². The van der Waals surface area contributed by atoms with Gasteiger partial charge in [0.2, 0.25) is 0 Å². The first-order valence-electron chi connectivity index (χ1n) is 11.0. The van der Waals surface area contributed by atoms with Gasteiger partial charge in [0.25, 0.3) is 0 Å². The molecule has 1 fully saturated rings. The summed E-state index contributed by atoms with van der Waals surface area (Å²) >= 11 is 0. The van der Waals surface area contributed by atoms with E-state index in [2.05, 4.69) is 55.6 Å². The number of likely N-dealkylation sites (tertiary alicyclic amines) is 1. The van der Waals surface area contributed by atoms with Crippen LogP contribution in [0.1, 0.15) is 39.6 Å². The van der Waals surface area contributed by atoms with E-state index in [1.807, 2.05) is 32.9 Å². The van der Waals surface area contributed by atoms with Crippen molar-refractivity contribution in [2.75, 3.05) is 19.6 Å². The number of ketones is 1. The summed E-state index contributed by atoms with van der Waals surface area (Å²) in [4.78, 5) is 15.4. The molecular weight excluding hydrogens is 402 g/mol. The van der Waals surface area contributed by atoms with Crippen LogP contribution in [0.3, 0.4) is 0 Å². The fraction of sp³-hybridized carbons (Fsp3) is 0.375. The van der Waals surface area contributed by atoms with Gasteiger partial charge in [-0.1, -0.05) is 30.3 Å². The van der Waals surface area contributed by atoms with Crippen molar-refractivity contribution in [3.63, 3.8) is 0 Å². The van der Waals surface area contributed by atoms with Gasteiger partial charge < -0.3 is 4.90 Å². The van der Waals surface area contributed by atoms with Crippen molar-refractivity contribution in [1.29, 1.82) is 0 Å². The molecule has 0 unspecified atom stereocenters.